The van der Waals surface area contributed by atoms with E-state index in [1.807, 2.05) is 0 Å². The van der Waals surface area contributed by atoms with Crippen molar-refractivity contribution in [2.24, 2.45) is 0 Å². The van der Waals surface area contributed by atoms with Gasteiger partial charge in [0, 0.05) is 34.7 Å². The largest absolute Gasteiger partial charge is 0.497 e. The number of hydrogen-bond donors (Lipinski definition) is 2. The summed E-state index contributed by atoms with van der Waals surface area (Å²) in [6.45, 7) is 0. The number of nitrogens with one attached hydrogen (secondary N) is 2. The molecule has 2 aromatic heterocycles. The molecule has 31 heavy (non-hydrogen) atoms. The predicted octanol–water partition coefficient (Wildman–Crippen LogP) is 3.24. The fourth-order valence-electron chi connectivity index (χ4n) is 3.16. The molecule has 0 fully saturated rings. The highest BCUT2D eigenvalue weighted by atomic mass is 32.2. The number of sulfonamides is 1. The van der Waals surface area contributed by atoms with E-state index in [1.165, 1.54) is 31.5 Å². The monoisotopic (exact) mass is 457 g/mol. The standard InChI is InChI=1S/C21H17FN3O4PS/c1-29-12-4-2-5-13(10-12)31(27,28)25-17-8-7-16(22)18(20(17)30)19(26)15-11-24-21-14(15)6-3-9-23-21/h2-11,25H,30H2,1H3,(H,23,24). The van der Waals surface area contributed by atoms with Gasteiger partial charge < -0.3 is 9.72 Å². The molecule has 0 saturated carbocycles. The summed E-state index contributed by atoms with van der Waals surface area (Å²) in [5, 5.41) is 0.633. The van der Waals surface area contributed by atoms with Crippen molar-refractivity contribution in [3.63, 3.8) is 0 Å². The summed E-state index contributed by atoms with van der Waals surface area (Å²) < 4.78 is 47.8. The molecular formula is C21H17FN3O4PS. The average molecular weight is 457 g/mol. The van der Waals surface area contributed by atoms with Crippen LogP contribution in [0, 0.1) is 5.82 Å². The Kier molecular flexibility index (Phi) is 5.47. The number of ketones is 1. The van der Waals surface area contributed by atoms with E-state index in [0.717, 1.165) is 6.07 Å². The van der Waals surface area contributed by atoms with Crippen LogP contribution in [0.1, 0.15) is 15.9 Å². The molecule has 1 unspecified atom stereocenters. The summed E-state index contributed by atoms with van der Waals surface area (Å²) in [5.41, 5.74) is 0.543. The van der Waals surface area contributed by atoms with E-state index in [4.69, 9.17) is 4.74 Å². The normalized spacial score (nSPS) is 11.5. The molecular weight excluding hydrogens is 440 g/mol. The zero-order valence-electron chi connectivity index (χ0n) is 16.2. The molecule has 1 atom stereocenters. The van der Waals surface area contributed by atoms with Gasteiger partial charge in [-0.05, 0) is 36.4 Å². The molecule has 2 heterocycles. The van der Waals surface area contributed by atoms with Gasteiger partial charge in [-0.1, -0.05) is 6.07 Å². The first-order valence-corrected chi connectivity index (χ1v) is 11.1. The first-order valence-electron chi connectivity index (χ1n) is 9.03. The smallest absolute Gasteiger partial charge is 0.262 e. The number of fused-ring (bicyclic) bond motifs is 1. The van der Waals surface area contributed by atoms with Crippen molar-refractivity contribution in [3.8, 4) is 5.75 Å². The summed E-state index contributed by atoms with van der Waals surface area (Å²) in [5.74, 6) is -0.987. The van der Waals surface area contributed by atoms with Crippen molar-refractivity contribution in [2.45, 2.75) is 4.90 Å². The maximum absolute atomic E-state index is 14.7. The zero-order valence-corrected chi connectivity index (χ0v) is 18.2. The Morgan fingerprint density at radius 2 is 2.00 bits per heavy atom. The lowest BCUT2D eigenvalue weighted by atomic mass is 10.0. The molecule has 10 heteroatoms. The number of aromatic nitrogens is 2. The van der Waals surface area contributed by atoms with Crippen LogP contribution in [-0.4, -0.2) is 31.3 Å². The number of rotatable bonds is 6. The fourth-order valence-corrected chi connectivity index (χ4v) is 4.82. The van der Waals surface area contributed by atoms with Crippen LogP contribution in [0.4, 0.5) is 10.1 Å². The van der Waals surface area contributed by atoms with Gasteiger partial charge in [0.2, 0.25) is 0 Å². The minimum Gasteiger partial charge on any atom is -0.497 e. The molecule has 0 amide bonds. The zero-order chi connectivity index (χ0) is 22.2. The van der Waals surface area contributed by atoms with Gasteiger partial charge in [0.25, 0.3) is 10.0 Å². The summed E-state index contributed by atoms with van der Waals surface area (Å²) in [6.07, 6.45) is 3.03. The maximum atomic E-state index is 14.7. The Balaban J connectivity index is 1.75. The second kappa shape index (κ2) is 8.09. The van der Waals surface area contributed by atoms with Crippen LogP contribution in [0.25, 0.3) is 11.0 Å². The van der Waals surface area contributed by atoms with Crippen LogP contribution in [0.3, 0.4) is 0 Å². The van der Waals surface area contributed by atoms with Crippen LogP contribution < -0.4 is 14.8 Å². The molecule has 0 aliphatic rings. The highest BCUT2D eigenvalue weighted by Gasteiger charge is 2.24. The third-order valence-corrected chi connectivity index (χ3v) is 6.68. The van der Waals surface area contributed by atoms with E-state index < -0.39 is 21.6 Å². The highest BCUT2D eigenvalue weighted by Crippen LogP contribution is 2.25. The summed E-state index contributed by atoms with van der Waals surface area (Å²) in [6, 6.07) is 11.6. The second-order valence-corrected chi connectivity index (χ2v) is 8.86. The van der Waals surface area contributed by atoms with Crippen molar-refractivity contribution >= 4 is 47.1 Å². The van der Waals surface area contributed by atoms with Gasteiger partial charge in [-0.3, -0.25) is 9.52 Å². The number of carbonyl (C=O) groups excluding carboxylic acids is 1. The number of nitrogens with zero attached hydrogens (tertiary/aromatic N) is 1. The molecule has 4 rings (SSSR count). The van der Waals surface area contributed by atoms with Crippen molar-refractivity contribution in [1.29, 1.82) is 0 Å². The lowest BCUT2D eigenvalue weighted by Gasteiger charge is -2.14. The topological polar surface area (TPSA) is 101 Å². The van der Waals surface area contributed by atoms with Gasteiger partial charge in [0.05, 0.1) is 23.3 Å². The van der Waals surface area contributed by atoms with E-state index in [0.29, 0.717) is 16.8 Å². The van der Waals surface area contributed by atoms with Crippen LogP contribution >= 0.6 is 9.24 Å². The molecule has 0 bridgehead atoms. The molecule has 4 aromatic rings. The van der Waals surface area contributed by atoms with Gasteiger partial charge in [0.15, 0.2) is 5.78 Å². The fraction of sp³-hybridized carbons (Fsp3) is 0.0476. The SMILES string of the molecule is COc1cccc(S(=O)(=O)Nc2ccc(F)c(C(=O)c3c[nH]c4ncccc34)c2P)c1. The predicted molar refractivity (Wildman–Crippen MR) is 119 cm³/mol. The summed E-state index contributed by atoms with van der Waals surface area (Å²) >= 11 is 0. The van der Waals surface area contributed by atoms with E-state index in [1.54, 1.807) is 30.5 Å². The molecule has 0 aliphatic carbocycles. The quantitative estimate of drug-likeness (QED) is 0.342. The van der Waals surface area contributed by atoms with E-state index >= 15 is 0 Å². The minimum absolute atomic E-state index is 0.0313. The van der Waals surface area contributed by atoms with E-state index in [-0.39, 0.29) is 27.0 Å². The third kappa shape index (κ3) is 3.89. The lowest BCUT2D eigenvalue weighted by Crippen LogP contribution is -2.21. The molecule has 158 valence electrons. The number of halogens is 1. The summed E-state index contributed by atoms with van der Waals surface area (Å²) in [4.78, 5) is 20.1. The number of ether oxygens (including phenoxy) is 1. The Morgan fingerprint density at radius 3 is 2.77 bits per heavy atom. The van der Waals surface area contributed by atoms with E-state index in [2.05, 4.69) is 23.9 Å². The van der Waals surface area contributed by atoms with Crippen LogP contribution in [0.5, 0.6) is 5.75 Å². The third-order valence-electron chi connectivity index (χ3n) is 4.71. The lowest BCUT2D eigenvalue weighted by molar-refractivity contribution is 0.103. The number of aromatic amines is 1. The van der Waals surface area contributed by atoms with Crippen LogP contribution in [0.15, 0.2) is 65.8 Å². The summed E-state index contributed by atoms with van der Waals surface area (Å²) in [7, 11) is -0.326. The van der Waals surface area contributed by atoms with Gasteiger partial charge in [0.1, 0.15) is 17.2 Å². The Hall–Kier alpha value is -3.29. The van der Waals surface area contributed by atoms with Gasteiger partial charge in [-0.25, -0.2) is 17.8 Å². The number of methoxy groups -OCH3 is 1. The van der Waals surface area contributed by atoms with Gasteiger partial charge in [-0.15, -0.1) is 9.24 Å². The van der Waals surface area contributed by atoms with Crippen molar-refractivity contribution < 1.29 is 22.3 Å². The first kappa shape index (κ1) is 21.0. The number of hydrogen-bond acceptors (Lipinski definition) is 5. The van der Waals surface area contributed by atoms with Gasteiger partial charge in [-0.2, -0.15) is 0 Å². The minimum atomic E-state index is -4.01. The Labute approximate surface area is 179 Å². The average Bonchev–Trinajstić information content (AvgIpc) is 3.20. The molecule has 0 saturated heterocycles. The number of pyridine rings is 1. The van der Waals surface area contributed by atoms with Crippen molar-refractivity contribution in [2.75, 3.05) is 11.8 Å². The number of carbonyl (C=O) groups is 1. The molecule has 0 spiro atoms. The number of anilines is 1. The van der Waals surface area contributed by atoms with Crippen molar-refractivity contribution in [3.05, 3.63) is 77.9 Å². The maximum Gasteiger partial charge on any atom is 0.262 e. The first-order chi connectivity index (χ1) is 14.8. The van der Waals surface area contributed by atoms with Crippen molar-refractivity contribution in [1.82, 2.24) is 9.97 Å². The molecule has 2 N–H and O–H groups in total. The van der Waals surface area contributed by atoms with Crippen LogP contribution in [0.2, 0.25) is 0 Å². The Morgan fingerprint density at radius 1 is 1.19 bits per heavy atom. The Bertz CT molecular complexity index is 1420. The van der Waals surface area contributed by atoms with Gasteiger partial charge >= 0.3 is 0 Å². The number of H-pyrrole nitrogens is 1. The number of benzene rings is 2. The van der Waals surface area contributed by atoms with Crippen LogP contribution in [-0.2, 0) is 10.0 Å². The molecule has 0 aliphatic heterocycles. The molecule has 7 nitrogen and oxygen atoms in total. The molecule has 2 aromatic carbocycles. The molecule has 0 radical (unpaired) electrons. The van der Waals surface area contributed by atoms with E-state index in [9.17, 15) is 17.6 Å². The second-order valence-electron chi connectivity index (χ2n) is 6.60. The highest BCUT2D eigenvalue weighted by molar-refractivity contribution is 7.92.